The van der Waals surface area contributed by atoms with Crippen molar-refractivity contribution in [2.24, 2.45) is 0 Å². The summed E-state index contributed by atoms with van der Waals surface area (Å²) in [7, 11) is 0. The highest BCUT2D eigenvalue weighted by molar-refractivity contribution is 5.75. The highest BCUT2D eigenvalue weighted by Crippen LogP contribution is 2.31. The first kappa shape index (κ1) is 12.5. The van der Waals surface area contributed by atoms with Gasteiger partial charge in [0.1, 0.15) is 0 Å². The lowest BCUT2D eigenvalue weighted by Gasteiger charge is -2.25. The van der Waals surface area contributed by atoms with E-state index in [2.05, 4.69) is 56.0 Å². The summed E-state index contributed by atoms with van der Waals surface area (Å²) in [6.07, 6.45) is 0. The molecular formula is C16H20N2. The zero-order valence-electron chi connectivity index (χ0n) is 11.3. The number of rotatable bonds is 3. The lowest BCUT2D eigenvalue weighted by Crippen LogP contribution is -2.17. The van der Waals surface area contributed by atoms with Gasteiger partial charge in [-0.25, -0.2) is 0 Å². The first-order valence-electron chi connectivity index (χ1n) is 6.32. The Labute approximate surface area is 109 Å². The Kier molecular flexibility index (Phi) is 3.56. The van der Waals surface area contributed by atoms with E-state index in [0.29, 0.717) is 0 Å². The van der Waals surface area contributed by atoms with Gasteiger partial charge in [0.25, 0.3) is 0 Å². The van der Waals surface area contributed by atoms with Crippen LogP contribution >= 0.6 is 0 Å². The molecule has 0 unspecified atom stereocenters. The lowest BCUT2D eigenvalue weighted by molar-refractivity contribution is 1.02. The molecule has 0 radical (unpaired) electrons. The van der Waals surface area contributed by atoms with Crippen molar-refractivity contribution < 1.29 is 0 Å². The van der Waals surface area contributed by atoms with Crippen LogP contribution in [0.5, 0.6) is 0 Å². The Morgan fingerprint density at radius 2 is 1.56 bits per heavy atom. The van der Waals surface area contributed by atoms with Gasteiger partial charge in [-0.2, -0.15) is 0 Å². The Hall–Kier alpha value is -1.96. The average molecular weight is 240 g/mol. The van der Waals surface area contributed by atoms with Crippen LogP contribution in [0.3, 0.4) is 0 Å². The van der Waals surface area contributed by atoms with Crippen molar-refractivity contribution in [1.29, 1.82) is 0 Å². The summed E-state index contributed by atoms with van der Waals surface area (Å²) < 4.78 is 0. The maximum atomic E-state index is 6.09. The van der Waals surface area contributed by atoms with Crippen molar-refractivity contribution >= 4 is 17.1 Å². The number of nitrogens with zero attached hydrogens (tertiary/aromatic N) is 1. The van der Waals surface area contributed by atoms with Gasteiger partial charge in [-0.3, -0.25) is 0 Å². The minimum atomic E-state index is 0.822. The zero-order chi connectivity index (χ0) is 13.1. The highest BCUT2D eigenvalue weighted by atomic mass is 15.1. The number of nitrogens with two attached hydrogens (primary N) is 1. The van der Waals surface area contributed by atoms with E-state index in [1.54, 1.807) is 0 Å². The fraction of sp³-hybridized carbons (Fsp3) is 0.250. The standard InChI is InChI=1S/C16H20N2/c1-4-18(14-8-5-12(2)6-9-14)16-11-13(3)7-10-15(16)17/h5-11H,4,17H2,1-3H3. The van der Waals surface area contributed by atoms with Crippen LogP contribution in [0.1, 0.15) is 18.1 Å². The molecule has 0 heterocycles. The van der Waals surface area contributed by atoms with Crippen molar-refractivity contribution in [3.05, 3.63) is 53.6 Å². The van der Waals surface area contributed by atoms with Crippen LogP contribution in [0.4, 0.5) is 17.1 Å². The van der Waals surface area contributed by atoms with Gasteiger partial charge in [0.05, 0.1) is 11.4 Å². The molecule has 0 atom stereocenters. The summed E-state index contributed by atoms with van der Waals surface area (Å²) in [6, 6.07) is 14.7. The third-order valence-electron chi connectivity index (χ3n) is 3.14. The molecule has 18 heavy (non-hydrogen) atoms. The number of aryl methyl sites for hydroxylation is 2. The van der Waals surface area contributed by atoms with Gasteiger partial charge < -0.3 is 10.6 Å². The number of hydrogen-bond acceptors (Lipinski definition) is 2. The van der Waals surface area contributed by atoms with Crippen molar-refractivity contribution in [2.45, 2.75) is 20.8 Å². The highest BCUT2D eigenvalue weighted by Gasteiger charge is 2.10. The number of hydrogen-bond donors (Lipinski definition) is 1. The molecule has 0 aliphatic heterocycles. The molecule has 2 heteroatoms. The molecule has 0 spiro atoms. The van der Waals surface area contributed by atoms with Crippen molar-refractivity contribution in [1.82, 2.24) is 0 Å². The second-order valence-corrected chi connectivity index (χ2v) is 4.64. The monoisotopic (exact) mass is 240 g/mol. The maximum Gasteiger partial charge on any atom is 0.0646 e. The second-order valence-electron chi connectivity index (χ2n) is 4.64. The first-order chi connectivity index (χ1) is 8.61. The zero-order valence-corrected chi connectivity index (χ0v) is 11.3. The molecule has 0 bridgehead atoms. The minimum Gasteiger partial charge on any atom is -0.397 e. The van der Waals surface area contributed by atoms with Gasteiger partial charge in [0, 0.05) is 12.2 Å². The van der Waals surface area contributed by atoms with Crippen molar-refractivity contribution in [3.8, 4) is 0 Å². The number of benzene rings is 2. The van der Waals surface area contributed by atoms with Crippen LogP contribution in [0.15, 0.2) is 42.5 Å². The molecule has 94 valence electrons. The number of anilines is 3. The Bertz CT molecular complexity index is 529. The summed E-state index contributed by atoms with van der Waals surface area (Å²) >= 11 is 0. The Balaban J connectivity index is 2.44. The van der Waals surface area contributed by atoms with Gasteiger partial charge in [0.15, 0.2) is 0 Å². The van der Waals surface area contributed by atoms with E-state index in [9.17, 15) is 0 Å². The van der Waals surface area contributed by atoms with Crippen LogP contribution in [0.2, 0.25) is 0 Å². The quantitative estimate of drug-likeness (QED) is 0.820. The summed E-state index contributed by atoms with van der Waals surface area (Å²) in [4.78, 5) is 2.24. The molecule has 0 saturated heterocycles. The Morgan fingerprint density at radius 1 is 0.944 bits per heavy atom. The molecule has 0 saturated carbocycles. The summed E-state index contributed by atoms with van der Waals surface area (Å²) in [5.74, 6) is 0. The summed E-state index contributed by atoms with van der Waals surface area (Å²) in [6.45, 7) is 7.23. The third-order valence-corrected chi connectivity index (χ3v) is 3.14. The van der Waals surface area contributed by atoms with E-state index in [0.717, 1.165) is 17.9 Å². The second kappa shape index (κ2) is 5.13. The van der Waals surface area contributed by atoms with Crippen molar-refractivity contribution in [3.63, 3.8) is 0 Å². The van der Waals surface area contributed by atoms with Gasteiger partial charge in [-0.05, 0) is 50.6 Å². The van der Waals surface area contributed by atoms with E-state index in [1.807, 2.05) is 12.1 Å². The fourth-order valence-electron chi connectivity index (χ4n) is 2.10. The van der Waals surface area contributed by atoms with E-state index in [1.165, 1.54) is 16.8 Å². The molecule has 2 aromatic rings. The smallest absolute Gasteiger partial charge is 0.0646 e. The molecule has 2 aromatic carbocycles. The molecule has 0 fully saturated rings. The molecule has 2 nitrogen and oxygen atoms in total. The summed E-state index contributed by atoms with van der Waals surface area (Å²) in [5, 5.41) is 0. The predicted octanol–water partition coefficient (Wildman–Crippen LogP) is 4.04. The van der Waals surface area contributed by atoms with Gasteiger partial charge in [-0.15, -0.1) is 0 Å². The van der Waals surface area contributed by atoms with E-state index in [4.69, 9.17) is 5.73 Å². The van der Waals surface area contributed by atoms with E-state index in [-0.39, 0.29) is 0 Å². The van der Waals surface area contributed by atoms with Gasteiger partial charge in [0.2, 0.25) is 0 Å². The largest absolute Gasteiger partial charge is 0.397 e. The lowest BCUT2D eigenvalue weighted by atomic mass is 10.1. The van der Waals surface area contributed by atoms with Crippen LogP contribution in [0, 0.1) is 13.8 Å². The molecule has 0 amide bonds. The molecule has 0 aliphatic rings. The number of nitrogen functional groups attached to an aromatic ring is 1. The van der Waals surface area contributed by atoms with Crippen LogP contribution in [0.25, 0.3) is 0 Å². The average Bonchev–Trinajstić information content (AvgIpc) is 2.37. The normalized spacial score (nSPS) is 10.4. The fourth-order valence-corrected chi connectivity index (χ4v) is 2.10. The van der Waals surface area contributed by atoms with E-state index >= 15 is 0 Å². The molecular weight excluding hydrogens is 220 g/mol. The van der Waals surface area contributed by atoms with Crippen LogP contribution in [-0.4, -0.2) is 6.54 Å². The molecule has 0 aromatic heterocycles. The summed E-state index contributed by atoms with van der Waals surface area (Å²) in [5.41, 5.74) is 11.7. The van der Waals surface area contributed by atoms with Crippen LogP contribution in [-0.2, 0) is 0 Å². The van der Waals surface area contributed by atoms with Crippen molar-refractivity contribution in [2.75, 3.05) is 17.2 Å². The molecule has 2 N–H and O–H groups in total. The Morgan fingerprint density at radius 3 is 2.17 bits per heavy atom. The first-order valence-corrected chi connectivity index (χ1v) is 6.32. The maximum absolute atomic E-state index is 6.09. The van der Waals surface area contributed by atoms with Gasteiger partial charge >= 0.3 is 0 Å². The van der Waals surface area contributed by atoms with E-state index < -0.39 is 0 Å². The van der Waals surface area contributed by atoms with Gasteiger partial charge in [-0.1, -0.05) is 23.8 Å². The predicted molar refractivity (Wildman–Crippen MR) is 79.5 cm³/mol. The SMILES string of the molecule is CCN(c1ccc(C)cc1)c1cc(C)ccc1N. The minimum absolute atomic E-state index is 0.822. The topological polar surface area (TPSA) is 29.3 Å². The molecule has 2 rings (SSSR count). The van der Waals surface area contributed by atoms with Crippen LogP contribution < -0.4 is 10.6 Å². The third kappa shape index (κ3) is 2.48. The molecule has 0 aliphatic carbocycles.